The fourth-order valence-corrected chi connectivity index (χ4v) is 3.00. The Kier molecular flexibility index (Phi) is 4.57. The van der Waals surface area contributed by atoms with Gasteiger partial charge in [0.1, 0.15) is 0 Å². The number of amides is 1. The van der Waals surface area contributed by atoms with Crippen LogP contribution in [0.25, 0.3) is 0 Å². The Balaban J connectivity index is 2.02. The van der Waals surface area contributed by atoms with E-state index in [1.54, 1.807) is 6.07 Å². The number of hydrogen-bond acceptors (Lipinski definition) is 3. The highest BCUT2D eigenvalue weighted by molar-refractivity contribution is 7.12. The van der Waals surface area contributed by atoms with Crippen LogP contribution in [-0.2, 0) is 6.54 Å². The molecule has 106 valence electrons. The number of carbonyl (C=O) groups excluding carboxylic acids is 1. The summed E-state index contributed by atoms with van der Waals surface area (Å²) in [6, 6.07) is 10.2. The predicted molar refractivity (Wildman–Crippen MR) is 84.0 cm³/mol. The molecule has 2 aromatic rings. The third-order valence-electron chi connectivity index (χ3n) is 3.41. The molecule has 1 aromatic heterocycles. The molecule has 0 bridgehead atoms. The Morgan fingerprint density at radius 1 is 1.30 bits per heavy atom. The fraction of sp³-hybridized carbons (Fsp3) is 0.312. The van der Waals surface area contributed by atoms with E-state index >= 15 is 0 Å². The number of benzene rings is 1. The quantitative estimate of drug-likeness (QED) is 0.887. The molecular weight excluding hydrogens is 268 g/mol. The Morgan fingerprint density at radius 3 is 2.60 bits per heavy atom. The number of nitrogens with two attached hydrogens (primary N) is 1. The van der Waals surface area contributed by atoms with E-state index in [4.69, 9.17) is 5.73 Å². The molecule has 3 N–H and O–H groups in total. The second-order valence-corrected chi connectivity index (χ2v) is 6.38. The van der Waals surface area contributed by atoms with Crippen LogP contribution in [0.3, 0.4) is 0 Å². The summed E-state index contributed by atoms with van der Waals surface area (Å²) in [7, 11) is 0. The summed E-state index contributed by atoms with van der Waals surface area (Å²) in [5, 5.41) is 3.51. The van der Waals surface area contributed by atoms with Crippen LogP contribution >= 0.6 is 11.3 Å². The fourth-order valence-electron chi connectivity index (χ4n) is 2.10. The van der Waals surface area contributed by atoms with Gasteiger partial charge in [0.15, 0.2) is 0 Å². The van der Waals surface area contributed by atoms with Crippen molar-refractivity contribution in [2.75, 3.05) is 0 Å². The summed E-state index contributed by atoms with van der Waals surface area (Å²) in [5.74, 6) is -0.380. The first-order valence-corrected chi connectivity index (χ1v) is 7.48. The lowest BCUT2D eigenvalue weighted by molar-refractivity contribution is 0.1000. The van der Waals surface area contributed by atoms with Gasteiger partial charge in [-0.05, 0) is 56.2 Å². The maximum Gasteiger partial charge on any atom is 0.248 e. The van der Waals surface area contributed by atoms with Crippen LogP contribution < -0.4 is 11.1 Å². The zero-order valence-corrected chi connectivity index (χ0v) is 12.9. The van der Waals surface area contributed by atoms with Crippen LogP contribution in [-0.4, -0.2) is 5.91 Å². The average molecular weight is 288 g/mol. The number of aryl methyl sites for hydroxylation is 2. The molecule has 1 heterocycles. The van der Waals surface area contributed by atoms with E-state index in [0.717, 1.165) is 12.1 Å². The second-order valence-electron chi connectivity index (χ2n) is 5.06. The van der Waals surface area contributed by atoms with Crippen LogP contribution in [0.5, 0.6) is 0 Å². The normalized spacial score (nSPS) is 12.3. The van der Waals surface area contributed by atoms with E-state index < -0.39 is 0 Å². The summed E-state index contributed by atoms with van der Waals surface area (Å²) in [5.41, 5.74) is 8.12. The molecule has 0 saturated heterocycles. The molecule has 0 radical (unpaired) electrons. The maximum atomic E-state index is 11.1. The molecule has 0 aliphatic rings. The third kappa shape index (κ3) is 3.46. The van der Waals surface area contributed by atoms with Gasteiger partial charge in [0.2, 0.25) is 5.91 Å². The van der Waals surface area contributed by atoms with Crippen molar-refractivity contribution in [3.05, 3.63) is 56.8 Å². The third-order valence-corrected chi connectivity index (χ3v) is 4.60. The van der Waals surface area contributed by atoms with Gasteiger partial charge < -0.3 is 11.1 Å². The van der Waals surface area contributed by atoms with Crippen molar-refractivity contribution in [3.63, 3.8) is 0 Å². The van der Waals surface area contributed by atoms with E-state index in [2.05, 4.69) is 31.3 Å². The van der Waals surface area contributed by atoms with Gasteiger partial charge in [0, 0.05) is 27.9 Å². The van der Waals surface area contributed by atoms with Gasteiger partial charge in [-0.25, -0.2) is 0 Å². The molecule has 1 aromatic carbocycles. The standard InChI is InChI=1S/C16H20N2OS/c1-10-8-13(16(17)19)5-6-14(10)9-18-12(3)15-7-4-11(2)20-15/h4-8,12,18H,9H2,1-3H3,(H2,17,19). The molecular formula is C16H20N2OS. The lowest BCUT2D eigenvalue weighted by Gasteiger charge is -2.14. The Labute approximate surface area is 123 Å². The highest BCUT2D eigenvalue weighted by atomic mass is 32.1. The van der Waals surface area contributed by atoms with Gasteiger partial charge in [-0.2, -0.15) is 0 Å². The van der Waals surface area contributed by atoms with Crippen LogP contribution in [0.2, 0.25) is 0 Å². The SMILES string of the molecule is Cc1ccc(C(C)NCc2ccc(C(N)=O)cc2C)s1. The van der Waals surface area contributed by atoms with E-state index in [1.807, 2.05) is 30.4 Å². The summed E-state index contributed by atoms with van der Waals surface area (Å²) >= 11 is 1.82. The number of hydrogen-bond donors (Lipinski definition) is 2. The average Bonchev–Trinajstić information content (AvgIpc) is 2.83. The van der Waals surface area contributed by atoms with Crippen molar-refractivity contribution >= 4 is 17.2 Å². The number of thiophene rings is 1. The molecule has 4 heteroatoms. The number of primary amides is 1. The summed E-state index contributed by atoms with van der Waals surface area (Å²) < 4.78 is 0. The first-order chi connectivity index (χ1) is 9.47. The Morgan fingerprint density at radius 2 is 2.05 bits per heavy atom. The van der Waals surface area contributed by atoms with Crippen molar-refractivity contribution in [1.82, 2.24) is 5.32 Å². The topological polar surface area (TPSA) is 55.1 Å². The van der Waals surface area contributed by atoms with Crippen molar-refractivity contribution in [2.24, 2.45) is 5.73 Å². The summed E-state index contributed by atoms with van der Waals surface area (Å²) in [4.78, 5) is 13.8. The highest BCUT2D eigenvalue weighted by Gasteiger charge is 2.09. The van der Waals surface area contributed by atoms with Crippen molar-refractivity contribution in [1.29, 1.82) is 0 Å². The summed E-state index contributed by atoms with van der Waals surface area (Å²) in [6.45, 7) is 7.07. The zero-order valence-electron chi connectivity index (χ0n) is 12.1. The van der Waals surface area contributed by atoms with Crippen molar-refractivity contribution in [3.8, 4) is 0 Å². The smallest absolute Gasteiger partial charge is 0.248 e. The van der Waals surface area contributed by atoms with Crippen LogP contribution in [0, 0.1) is 13.8 Å². The highest BCUT2D eigenvalue weighted by Crippen LogP contribution is 2.23. The van der Waals surface area contributed by atoms with Crippen molar-refractivity contribution in [2.45, 2.75) is 33.4 Å². The minimum atomic E-state index is -0.380. The van der Waals surface area contributed by atoms with E-state index in [9.17, 15) is 4.79 Å². The molecule has 0 spiro atoms. The molecule has 0 aliphatic carbocycles. The number of carbonyl (C=O) groups is 1. The van der Waals surface area contributed by atoms with E-state index in [-0.39, 0.29) is 5.91 Å². The Bertz CT molecular complexity index is 619. The molecule has 0 saturated carbocycles. The van der Waals surface area contributed by atoms with Crippen LogP contribution in [0.15, 0.2) is 30.3 Å². The van der Waals surface area contributed by atoms with E-state index in [1.165, 1.54) is 15.3 Å². The lowest BCUT2D eigenvalue weighted by atomic mass is 10.0. The number of nitrogens with one attached hydrogen (secondary N) is 1. The predicted octanol–water partition coefficient (Wildman–Crippen LogP) is 3.31. The van der Waals surface area contributed by atoms with Gasteiger partial charge in [-0.3, -0.25) is 4.79 Å². The number of rotatable bonds is 5. The van der Waals surface area contributed by atoms with Crippen LogP contribution in [0.4, 0.5) is 0 Å². The van der Waals surface area contributed by atoms with Gasteiger partial charge >= 0.3 is 0 Å². The molecule has 3 nitrogen and oxygen atoms in total. The minimum absolute atomic E-state index is 0.323. The molecule has 1 atom stereocenters. The minimum Gasteiger partial charge on any atom is -0.366 e. The van der Waals surface area contributed by atoms with Gasteiger partial charge in [-0.15, -0.1) is 11.3 Å². The summed E-state index contributed by atoms with van der Waals surface area (Å²) in [6.07, 6.45) is 0. The monoisotopic (exact) mass is 288 g/mol. The maximum absolute atomic E-state index is 11.1. The molecule has 20 heavy (non-hydrogen) atoms. The zero-order chi connectivity index (χ0) is 14.7. The van der Waals surface area contributed by atoms with Crippen molar-refractivity contribution < 1.29 is 4.79 Å². The first-order valence-electron chi connectivity index (χ1n) is 6.66. The largest absolute Gasteiger partial charge is 0.366 e. The Hall–Kier alpha value is -1.65. The van der Waals surface area contributed by atoms with Gasteiger partial charge in [0.25, 0.3) is 0 Å². The van der Waals surface area contributed by atoms with Gasteiger partial charge in [0.05, 0.1) is 0 Å². The molecule has 0 aliphatic heterocycles. The first kappa shape index (κ1) is 14.8. The lowest BCUT2D eigenvalue weighted by Crippen LogP contribution is -2.18. The van der Waals surface area contributed by atoms with E-state index in [0.29, 0.717) is 11.6 Å². The second kappa shape index (κ2) is 6.20. The molecule has 2 rings (SSSR count). The van der Waals surface area contributed by atoms with Crippen LogP contribution in [0.1, 0.15) is 44.2 Å². The van der Waals surface area contributed by atoms with Gasteiger partial charge in [-0.1, -0.05) is 6.07 Å². The molecule has 1 amide bonds. The molecule has 0 fully saturated rings. The molecule has 1 unspecified atom stereocenters.